The fraction of sp³-hybridized carbons (Fsp3) is 0.333. The van der Waals surface area contributed by atoms with Crippen LogP contribution in [0.5, 0.6) is 0 Å². The first-order chi connectivity index (χ1) is 9.95. The van der Waals surface area contributed by atoms with Gasteiger partial charge in [-0.1, -0.05) is 15.9 Å². The van der Waals surface area contributed by atoms with Gasteiger partial charge in [-0.3, -0.25) is 19.8 Å². The minimum Gasteiger partial charge on any atom is -0.459 e. The Morgan fingerprint density at radius 1 is 1.38 bits per heavy atom. The quantitative estimate of drug-likeness (QED) is 0.864. The zero-order chi connectivity index (χ0) is 15.1. The molecular weight excluding hydrogens is 336 g/mol. The predicted octanol–water partition coefficient (Wildman–Crippen LogP) is 2.60. The molecule has 2 aromatic rings. The van der Waals surface area contributed by atoms with Crippen LogP contribution in [-0.4, -0.2) is 29.8 Å². The van der Waals surface area contributed by atoms with E-state index < -0.39 is 6.04 Å². The van der Waals surface area contributed by atoms with Crippen molar-refractivity contribution in [2.75, 3.05) is 7.05 Å². The molecule has 1 aliphatic heterocycles. The molecule has 1 aliphatic rings. The smallest absolute Gasteiger partial charge is 0.246 e. The van der Waals surface area contributed by atoms with Crippen LogP contribution in [0.4, 0.5) is 0 Å². The average molecular weight is 351 g/mol. The first kappa shape index (κ1) is 14.3. The summed E-state index contributed by atoms with van der Waals surface area (Å²) in [6.45, 7) is 1.92. The minimum absolute atomic E-state index is 0.149. The first-order valence-electron chi connectivity index (χ1n) is 6.71. The Balaban J connectivity index is 1.79. The lowest BCUT2D eigenvalue weighted by Gasteiger charge is -2.15. The maximum atomic E-state index is 11.9. The van der Waals surface area contributed by atoms with Crippen molar-refractivity contribution in [2.45, 2.75) is 25.4 Å². The van der Waals surface area contributed by atoms with Crippen molar-refractivity contribution in [1.82, 2.24) is 10.2 Å². The lowest BCUT2D eigenvalue weighted by Crippen LogP contribution is -2.38. The molecule has 1 aromatic carbocycles. The highest BCUT2D eigenvalue weighted by molar-refractivity contribution is 9.10. The zero-order valence-electron chi connectivity index (χ0n) is 11.7. The van der Waals surface area contributed by atoms with Crippen LogP contribution in [0.3, 0.4) is 0 Å². The van der Waals surface area contributed by atoms with Crippen LogP contribution in [0.1, 0.15) is 25.1 Å². The molecule has 0 spiro atoms. The monoisotopic (exact) mass is 350 g/mol. The van der Waals surface area contributed by atoms with E-state index in [1.165, 1.54) is 11.9 Å². The number of carbonyl (C=O) groups excluding carboxylic acids is 2. The number of benzene rings is 1. The third kappa shape index (κ3) is 2.61. The second-order valence-corrected chi connectivity index (χ2v) is 6.18. The summed E-state index contributed by atoms with van der Waals surface area (Å²) in [5, 5.41) is 4.16. The van der Waals surface area contributed by atoms with Gasteiger partial charge in [-0.15, -0.1) is 0 Å². The fourth-order valence-electron chi connectivity index (χ4n) is 2.52. The molecule has 110 valence electrons. The molecule has 1 N–H and O–H groups in total. The highest BCUT2D eigenvalue weighted by Crippen LogP contribution is 2.27. The van der Waals surface area contributed by atoms with Gasteiger partial charge in [0, 0.05) is 16.9 Å². The van der Waals surface area contributed by atoms with Gasteiger partial charge in [0.15, 0.2) is 0 Å². The highest BCUT2D eigenvalue weighted by atomic mass is 79.9. The summed E-state index contributed by atoms with van der Waals surface area (Å²) in [6, 6.07) is 7.12. The molecule has 0 aliphatic carbocycles. The Bertz CT molecular complexity index is 725. The largest absolute Gasteiger partial charge is 0.459 e. The summed E-state index contributed by atoms with van der Waals surface area (Å²) in [6.07, 6.45) is 0.200. The number of rotatable bonds is 3. The summed E-state index contributed by atoms with van der Waals surface area (Å²) in [4.78, 5) is 24.6. The predicted molar refractivity (Wildman–Crippen MR) is 81.6 cm³/mol. The summed E-state index contributed by atoms with van der Waals surface area (Å²) in [5.41, 5.74) is 0.799. The third-order valence-corrected chi connectivity index (χ3v) is 4.25. The van der Waals surface area contributed by atoms with Gasteiger partial charge in [-0.2, -0.15) is 0 Å². The van der Waals surface area contributed by atoms with Crippen molar-refractivity contribution in [3.8, 4) is 0 Å². The SMILES string of the molecule is CC(NC1CC(=O)N(C)C1=O)c1cc2cc(Br)ccc2o1. The van der Waals surface area contributed by atoms with Gasteiger partial charge >= 0.3 is 0 Å². The summed E-state index contributed by atoms with van der Waals surface area (Å²) >= 11 is 3.43. The number of carbonyl (C=O) groups is 2. The Morgan fingerprint density at radius 2 is 2.14 bits per heavy atom. The van der Waals surface area contributed by atoms with Crippen LogP contribution >= 0.6 is 15.9 Å². The van der Waals surface area contributed by atoms with Crippen LogP contribution in [0, 0.1) is 0 Å². The number of amides is 2. The first-order valence-corrected chi connectivity index (χ1v) is 7.50. The normalized spacial score (nSPS) is 20.5. The molecule has 0 saturated carbocycles. The highest BCUT2D eigenvalue weighted by Gasteiger charge is 2.36. The number of likely N-dealkylation sites (N-methyl/N-ethyl adjacent to an activating group) is 1. The summed E-state index contributed by atoms with van der Waals surface area (Å²) in [5.74, 6) is 0.404. The maximum absolute atomic E-state index is 11.9. The number of furan rings is 1. The van der Waals surface area contributed by atoms with Crippen molar-refractivity contribution in [1.29, 1.82) is 0 Å². The molecule has 0 radical (unpaired) electrons. The number of imide groups is 1. The van der Waals surface area contributed by atoms with Gasteiger partial charge in [0.25, 0.3) is 0 Å². The molecule has 5 nitrogen and oxygen atoms in total. The molecule has 3 rings (SSSR count). The van der Waals surface area contributed by atoms with E-state index >= 15 is 0 Å². The lowest BCUT2D eigenvalue weighted by molar-refractivity contribution is -0.137. The van der Waals surface area contributed by atoms with Crippen LogP contribution in [-0.2, 0) is 9.59 Å². The molecule has 21 heavy (non-hydrogen) atoms. The molecule has 1 saturated heterocycles. The van der Waals surface area contributed by atoms with Gasteiger partial charge in [0.2, 0.25) is 11.8 Å². The van der Waals surface area contributed by atoms with Crippen LogP contribution in [0.2, 0.25) is 0 Å². The van der Waals surface area contributed by atoms with E-state index in [2.05, 4.69) is 21.2 Å². The molecule has 1 fully saturated rings. The van der Waals surface area contributed by atoms with E-state index in [-0.39, 0.29) is 24.3 Å². The number of nitrogens with one attached hydrogen (secondary N) is 1. The van der Waals surface area contributed by atoms with E-state index in [1.54, 1.807) is 0 Å². The van der Waals surface area contributed by atoms with E-state index in [9.17, 15) is 9.59 Å². The number of nitrogens with zero attached hydrogens (tertiary/aromatic N) is 1. The standard InChI is InChI=1S/C15H15BrN2O3/c1-8(17-11-7-14(19)18(2)15(11)20)13-6-9-5-10(16)3-4-12(9)21-13/h3-6,8,11,17H,7H2,1-2H3. The van der Waals surface area contributed by atoms with E-state index in [1.807, 2.05) is 31.2 Å². The topological polar surface area (TPSA) is 62.6 Å². The van der Waals surface area contributed by atoms with Gasteiger partial charge in [0.05, 0.1) is 18.5 Å². The second-order valence-electron chi connectivity index (χ2n) is 5.27. The van der Waals surface area contributed by atoms with Gasteiger partial charge in [0.1, 0.15) is 11.3 Å². The van der Waals surface area contributed by atoms with Crippen molar-refractivity contribution >= 4 is 38.7 Å². The average Bonchev–Trinajstić information content (AvgIpc) is 2.96. The fourth-order valence-corrected chi connectivity index (χ4v) is 2.90. The molecule has 2 atom stereocenters. The lowest BCUT2D eigenvalue weighted by atomic mass is 10.1. The minimum atomic E-state index is -0.475. The van der Waals surface area contributed by atoms with Crippen LogP contribution in [0.15, 0.2) is 33.2 Å². The van der Waals surface area contributed by atoms with Crippen molar-refractivity contribution < 1.29 is 14.0 Å². The maximum Gasteiger partial charge on any atom is 0.246 e. The van der Waals surface area contributed by atoms with Crippen LogP contribution in [0.25, 0.3) is 11.0 Å². The van der Waals surface area contributed by atoms with E-state index in [4.69, 9.17) is 4.42 Å². The second kappa shape index (κ2) is 5.27. The van der Waals surface area contributed by atoms with Gasteiger partial charge in [-0.05, 0) is 31.2 Å². The van der Waals surface area contributed by atoms with Crippen molar-refractivity contribution in [3.05, 3.63) is 34.5 Å². The van der Waals surface area contributed by atoms with Gasteiger partial charge in [-0.25, -0.2) is 0 Å². The van der Waals surface area contributed by atoms with Crippen molar-refractivity contribution in [2.24, 2.45) is 0 Å². The summed E-state index contributed by atoms with van der Waals surface area (Å²) in [7, 11) is 1.51. The Hall–Kier alpha value is -1.66. The van der Waals surface area contributed by atoms with Crippen LogP contribution < -0.4 is 5.32 Å². The molecule has 6 heteroatoms. The van der Waals surface area contributed by atoms with Gasteiger partial charge < -0.3 is 4.42 Å². The Kier molecular flexibility index (Phi) is 3.59. The third-order valence-electron chi connectivity index (χ3n) is 3.76. The van der Waals surface area contributed by atoms with E-state index in [0.717, 1.165) is 21.2 Å². The molecule has 1 aromatic heterocycles. The Morgan fingerprint density at radius 3 is 2.81 bits per heavy atom. The number of halogens is 1. The number of likely N-dealkylation sites (tertiary alicyclic amines) is 1. The van der Waals surface area contributed by atoms with Crippen molar-refractivity contribution in [3.63, 3.8) is 0 Å². The zero-order valence-corrected chi connectivity index (χ0v) is 13.3. The summed E-state index contributed by atoms with van der Waals surface area (Å²) < 4.78 is 6.78. The number of hydrogen-bond donors (Lipinski definition) is 1. The Labute approximate surface area is 130 Å². The molecule has 0 bridgehead atoms. The number of fused-ring (bicyclic) bond motifs is 1. The molecule has 2 unspecified atom stereocenters. The molecule has 2 heterocycles. The van der Waals surface area contributed by atoms with E-state index in [0.29, 0.717) is 0 Å². The number of hydrogen-bond acceptors (Lipinski definition) is 4. The molecule has 2 amide bonds. The molecular formula is C15H15BrN2O3.